The van der Waals surface area contributed by atoms with Crippen molar-refractivity contribution < 1.29 is 22.8 Å². The van der Waals surface area contributed by atoms with Crippen LogP contribution >= 0.6 is 11.6 Å². The predicted octanol–water partition coefficient (Wildman–Crippen LogP) is 4.66. The number of carbonyl (C=O) groups excluding carboxylic acids is 2. The molecule has 0 bridgehead atoms. The molecule has 1 saturated heterocycles. The number of carbonyl (C=O) groups is 2. The van der Waals surface area contributed by atoms with E-state index in [0.717, 1.165) is 17.7 Å². The van der Waals surface area contributed by atoms with E-state index in [0.29, 0.717) is 16.4 Å². The molecule has 1 aliphatic heterocycles. The largest absolute Gasteiger partial charge is 0.416 e. The quantitative estimate of drug-likeness (QED) is 0.820. The highest BCUT2D eigenvalue weighted by atomic mass is 35.5. The fourth-order valence-electron chi connectivity index (χ4n) is 2.97. The second-order valence-corrected chi connectivity index (χ2v) is 6.83. The Kier molecular flexibility index (Phi) is 5.15. The summed E-state index contributed by atoms with van der Waals surface area (Å²) in [4.78, 5) is 26.1. The van der Waals surface area contributed by atoms with E-state index in [1.54, 1.807) is 25.1 Å². The molecular formula is C19H16ClF3N2O2. The molecule has 142 valence electrons. The van der Waals surface area contributed by atoms with E-state index in [4.69, 9.17) is 11.6 Å². The predicted molar refractivity (Wildman–Crippen MR) is 96.7 cm³/mol. The number of amides is 2. The monoisotopic (exact) mass is 396 g/mol. The Bertz CT molecular complexity index is 882. The van der Waals surface area contributed by atoms with Gasteiger partial charge in [0.15, 0.2) is 0 Å². The molecule has 3 rings (SSSR count). The summed E-state index contributed by atoms with van der Waals surface area (Å²) in [5, 5.41) is 3.33. The van der Waals surface area contributed by atoms with Gasteiger partial charge in [0, 0.05) is 29.4 Å². The van der Waals surface area contributed by atoms with E-state index in [-0.39, 0.29) is 24.8 Å². The normalized spacial score (nSPS) is 17.3. The molecule has 1 aliphatic rings. The molecule has 1 atom stereocenters. The van der Waals surface area contributed by atoms with Crippen molar-refractivity contribution in [2.45, 2.75) is 19.5 Å². The second-order valence-electron chi connectivity index (χ2n) is 6.40. The molecule has 0 aromatic heterocycles. The van der Waals surface area contributed by atoms with Crippen LogP contribution in [0.5, 0.6) is 0 Å². The molecule has 8 heteroatoms. The van der Waals surface area contributed by atoms with Gasteiger partial charge in [-0.1, -0.05) is 11.6 Å². The Morgan fingerprint density at radius 3 is 2.44 bits per heavy atom. The summed E-state index contributed by atoms with van der Waals surface area (Å²) in [5.74, 6) is -1.21. The number of aryl methyl sites for hydroxylation is 1. The molecule has 1 unspecified atom stereocenters. The number of hydrogen-bond donors (Lipinski definition) is 1. The molecule has 1 N–H and O–H groups in total. The highest BCUT2D eigenvalue weighted by molar-refractivity contribution is 6.30. The zero-order chi connectivity index (χ0) is 19.8. The zero-order valence-corrected chi connectivity index (χ0v) is 15.1. The number of nitrogens with zero attached hydrogens (tertiary/aromatic N) is 1. The molecule has 0 spiro atoms. The van der Waals surface area contributed by atoms with Crippen molar-refractivity contribution in [3.05, 3.63) is 58.6 Å². The molecule has 0 saturated carbocycles. The van der Waals surface area contributed by atoms with Crippen LogP contribution in [0.15, 0.2) is 42.5 Å². The number of nitrogens with one attached hydrogen (secondary N) is 1. The fraction of sp³-hybridized carbons (Fsp3) is 0.263. The summed E-state index contributed by atoms with van der Waals surface area (Å²) >= 11 is 5.89. The van der Waals surface area contributed by atoms with Crippen molar-refractivity contribution >= 4 is 34.8 Å². The van der Waals surface area contributed by atoms with Gasteiger partial charge in [-0.05, 0) is 55.0 Å². The number of halogens is 4. The van der Waals surface area contributed by atoms with Crippen LogP contribution in [-0.2, 0) is 15.8 Å². The Morgan fingerprint density at radius 1 is 1.19 bits per heavy atom. The van der Waals surface area contributed by atoms with Gasteiger partial charge in [-0.15, -0.1) is 0 Å². The van der Waals surface area contributed by atoms with Crippen LogP contribution in [0.3, 0.4) is 0 Å². The van der Waals surface area contributed by atoms with Crippen LogP contribution < -0.4 is 10.2 Å². The van der Waals surface area contributed by atoms with Gasteiger partial charge in [-0.25, -0.2) is 0 Å². The second kappa shape index (κ2) is 7.23. The smallest absolute Gasteiger partial charge is 0.326 e. The maximum atomic E-state index is 12.7. The van der Waals surface area contributed by atoms with Crippen molar-refractivity contribution in [1.82, 2.24) is 0 Å². The minimum atomic E-state index is -4.44. The average Bonchev–Trinajstić information content (AvgIpc) is 2.98. The summed E-state index contributed by atoms with van der Waals surface area (Å²) in [5.41, 5.74) is 0.945. The third-order valence-corrected chi connectivity index (χ3v) is 4.68. The zero-order valence-electron chi connectivity index (χ0n) is 14.3. The maximum Gasteiger partial charge on any atom is 0.416 e. The van der Waals surface area contributed by atoms with Gasteiger partial charge < -0.3 is 10.2 Å². The lowest BCUT2D eigenvalue weighted by atomic mass is 10.1. The van der Waals surface area contributed by atoms with E-state index in [2.05, 4.69) is 5.32 Å². The lowest BCUT2D eigenvalue weighted by Gasteiger charge is -2.18. The summed E-state index contributed by atoms with van der Waals surface area (Å²) < 4.78 is 38.0. The van der Waals surface area contributed by atoms with E-state index in [1.165, 1.54) is 17.0 Å². The Hall–Kier alpha value is -2.54. The molecule has 1 fully saturated rings. The van der Waals surface area contributed by atoms with Gasteiger partial charge in [0.1, 0.15) is 0 Å². The SMILES string of the molecule is Cc1cc(Cl)ccc1NC(=O)C1CC(=O)N(c2ccc(C(F)(F)F)cc2)C1. The summed E-state index contributed by atoms with van der Waals surface area (Å²) in [6.07, 6.45) is -4.44. The maximum absolute atomic E-state index is 12.7. The molecular weight excluding hydrogens is 381 g/mol. The number of alkyl halides is 3. The van der Waals surface area contributed by atoms with Gasteiger partial charge in [0.2, 0.25) is 11.8 Å². The van der Waals surface area contributed by atoms with Crippen molar-refractivity contribution in [1.29, 1.82) is 0 Å². The minimum absolute atomic E-state index is 0.000503. The van der Waals surface area contributed by atoms with Crippen LogP contribution in [0.4, 0.5) is 24.5 Å². The molecule has 4 nitrogen and oxygen atoms in total. The summed E-state index contributed by atoms with van der Waals surface area (Å²) in [6, 6.07) is 9.37. The van der Waals surface area contributed by atoms with Gasteiger partial charge in [-0.3, -0.25) is 9.59 Å². The van der Waals surface area contributed by atoms with Crippen molar-refractivity contribution in [3.63, 3.8) is 0 Å². The van der Waals surface area contributed by atoms with Gasteiger partial charge in [-0.2, -0.15) is 13.2 Å². The fourth-order valence-corrected chi connectivity index (χ4v) is 3.19. The third-order valence-electron chi connectivity index (χ3n) is 4.45. The minimum Gasteiger partial charge on any atom is -0.326 e. The molecule has 2 amide bonds. The molecule has 1 heterocycles. The number of hydrogen-bond acceptors (Lipinski definition) is 2. The Labute approximate surface area is 158 Å². The van der Waals surface area contributed by atoms with Crippen molar-refractivity contribution in [2.24, 2.45) is 5.92 Å². The number of rotatable bonds is 3. The standard InChI is InChI=1S/C19H16ClF3N2O2/c1-11-8-14(20)4-7-16(11)24-18(27)12-9-17(26)25(10-12)15-5-2-13(3-6-15)19(21,22)23/h2-8,12H,9-10H2,1H3,(H,24,27). The van der Waals surface area contributed by atoms with E-state index >= 15 is 0 Å². The highest BCUT2D eigenvalue weighted by Crippen LogP contribution is 2.32. The highest BCUT2D eigenvalue weighted by Gasteiger charge is 2.36. The molecule has 2 aromatic rings. The first-order chi connectivity index (χ1) is 12.6. The average molecular weight is 397 g/mol. The molecule has 27 heavy (non-hydrogen) atoms. The van der Waals surface area contributed by atoms with Crippen LogP contribution in [0, 0.1) is 12.8 Å². The van der Waals surface area contributed by atoms with E-state index in [1.807, 2.05) is 0 Å². The van der Waals surface area contributed by atoms with Crippen LogP contribution in [0.25, 0.3) is 0 Å². The van der Waals surface area contributed by atoms with Crippen molar-refractivity contribution in [3.8, 4) is 0 Å². The first kappa shape index (κ1) is 19.2. The molecule has 0 aliphatic carbocycles. The molecule has 2 aromatic carbocycles. The van der Waals surface area contributed by atoms with Gasteiger partial charge >= 0.3 is 6.18 Å². The summed E-state index contributed by atoms with van der Waals surface area (Å²) in [7, 11) is 0. The molecule has 0 radical (unpaired) electrons. The van der Waals surface area contributed by atoms with Gasteiger partial charge in [0.05, 0.1) is 11.5 Å². The van der Waals surface area contributed by atoms with Crippen LogP contribution in [0.2, 0.25) is 5.02 Å². The number of benzene rings is 2. The summed E-state index contributed by atoms with van der Waals surface area (Å²) in [6.45, 7) is 1.92. The van der Waals surface area contributed by atoms with Crippen molar-refractivity contribution in [2.75, 3.05) is 16.8 Å². The first-order valence-corrected chi connectivity index (χ1v) is 8.57. The van der Waals surface area contributed by atoms with Gasteiger partial charge in [0.25, 0.3) is 0 Å². The Balaban J connectivity index is 1.70. The number of anilines is 2. The first-order valence-electron chi connectivity index (χ1n) is 8.20. The third kappa shape index (κ3) is 4.24. The topological polar surface area (TPSA) is 49.4 Å². The van der Waals surface area contributed by atoms with E-state index in [9.17, 15) is 22.8 Å². The van der Waals surface area contributed by atoms with E-state index < -0.39 is 17.7 Å². The van der Waals surface area contributed by atoms with Crippen LogP contribution in [0.1, 0.15) is 17.5 Å². The van der Waals surface area contributed by atoms with Crippen LogP contribution in [-0.4, -0.2) is 18.4 Å². The lowest BCUT2D eigenvalue weighted by molar-refractivity contribution is -0.137. The Morgan fingerprint density at radius 2 is 1.85 bits per heavy atom. The lowest BCUT2D eigenvalue weighted by Crippen LogP contribution is -2.28.